The Morgan fingerprint density at radius 2 is 2.43 bits per heavy atom. The molecule has 1 aromatic heterocycles. The summed E-state index contributed by atoms with van der Waals surface area (Å²) < 4.78 is 0. The SMILES string of the molecule is C[C@@H](CO)NCc1nc2c(s1)CCC2. The van der Waals surface area contributed by atoms with Gasteiger partial charge in [-0.1, -0.05) is 0 Å². The van der Waals surface area contributed by atoms with E-state index in [9.17, 15) is 0 Å². The number of rotatable bonds is 4. The predicted octanol–water partition coefficient (Wildman–Crippen LogP) is 1.10. The van der Waals surface area contributed by atoms with Crippen molar-refractivity contribution >= 4 is 11.3 Å². The molecule has 78 valence electrons. The van der Waals surface area contributed by atoms with Crippen LogP contribution in [0.1, 0.15) is 28.9 Å². The second kappa shape index (κ2) is 4.38. The molecular weight excluding hydrogens is 196 g/mol. The van der Waals surface area contributed by atoms with E-state index in [1.165, 1.54) is 23.4 Å². The van der Waals surface area contributed by atoms with Gasteiger partial charge in [0.25, 0.3) is 0 Å². The van der Waals surface area contributed by atoms with Crippen molar-refractivity contribution in [3.63, 3.8) is 0 Å². The molecule has 0 amide bonds. The molecule has 0 saturated carbocycles. The van der Waals surface area contributed by atoms with Crippen LogP contribution in [0.15, 0.2) is 0 Å². The first-order valence-corrected chi connectivity index (χ1v) is 5.93. The van der Waals surface area contributed by atoms with E-state index in [0.717, 1.165) is 18.0 Å². The third-order valence-electron chi connectivity index (χ3n) is 2.52. The van der Waals surface area contributed by atoms with Crippen LogP contribution in [0.3, 0.4) is 0 Å². The van der Waals surface area contributed by atoms with Crippen LogP contribution in [0.4, 0.5) is 0 Å². The molecular formula is C10H16N2OS. The van der Waals surface area contributed by atoms with E-state index in [1.54, 1.807) is 0 Å². The van der Waals surface area contributed by atoms with Gasteiger partial charge in [-0.05, 0) is 26.2 Å². The minimum atomic E-state index is 0.161. The van der Waals surface area contributed by atoms with Crippen molar-refractivity contribution in [2.45, 2.75) is 38.8 Å². The molecule has 2 N–H and O–H groups in total. The lowest BCUT2D eigenvalue weighted by Gasteiger charge is -2.07. The molecule has 1 aromatic rings. The molecule has 0 bridgehead atoms. The third-order valence-corrected chi connectivity index (χ3v) is 3.67. The van der Waals surface area contributed by atoms with Gasteiger partial charge in [0.05, 0.1) is 12.3 Å². The average molecular weight is 212 g/mol. The van der Waals surface area contributed by atoms with Gasteiger partial charge in [0.2, 0.25) is 0 Å². The second-order valence-corrected chi connectivity index (χ2v) is 4.96. The molecule has 2 rings (SSSR count). The van der Waals surface area contributed by atoms with Gasteiger partial charge in [-0.2, -0.15) is 0 Å². The van der Waals surface area contributed by atoms with Crippen molar-refractivity contribution in [1.29, 1.82) is 0 Å². The van der Waals surface area contributed by atoms with Gasteiger partial charge in [0.15, 0.2) is 0 Å². The van der Waals surface area contributed by atoms with E-state index in [1.807, 2.05) is 18.3 Å². The molecule has 0 spiro atoms. The van der Waals surface area contributed by atoms with E-state index in [2.05, 4.69) is 10.3 Å². The Balaban J connectivity index is 1.91. The highest BCUT2D eigenvalue weighted by molar-refractivity contribution is 7.11. The van der Waals surface area contributed by atoms with Crippen molar-refractivity contribution in [2.75, 3.05) is 6.61 Å². The number of aromatic nitrogens is 1. The van der Waals surface area contributed by atoms with Crippen molar-refractivity contribution in [3.8, 4) is 0 Å². The largest absolute Gasteiger partial charge is 0.395 e. The molecule has 1 aliphatic rings. The van der Waals surface area contributed by atoms with Crippen molar-refractivity contribution in [1.82, 2.24) is 10.3 Å². The smallest absolute Gasteiger partial charge is 0.107 e. The number of hydrogen-bond acceptors (Lipinski definition) is 4. The zero-order valence-electron chi connectivity index (χ0n) is 8.42. The second-order valence-electron chi connectivity index (χ2n) is 3.80. The summed E-state index contributed by atoms with van der Waals surface area (Å²) in [6.45, 7) is 2.95. The van der Waals surface area contributed by atoms with Crippen LogP contribution < -0.4 is 5.32 Å². The third kappa shape index (κ3) is 2.13. The number of aryl methyl sites for hydroxylation is 2. The van der Waals surface area contributed by atoms with Crippen molar-refractivity contribution in [3.05, 3.63) is 15.6 Å². The maximum atomic E-state index is 8.85. The highest BCUT2D eigenvalue weighted by Crippen LogP contribution is 2.27. The molecule has 1 aliphatic carbocycles. The van der Waals surface area contributed by atoms with Crippen LogP contribution in [0.25, 0.3) is 0 Å². The zero-order chi connectivity index (χ0) is 9.97. The number of nitrogens with one attached hydrogen (secondary N) is 1. The van der Waals surface area contributed by atoms with E-state index in [0.29, 0.717) is 0 Å². The number of nitrogens with zero attached hydrogens (tertiary/aromatic N) is 1. The summed E-state index contributed by atoms with van der Waals surface area (Å²) in [6, 6.07) is 0.161. The Hall–Kier alpha value is -0.450. The molecule has 0 saturated heterocycles. The molecule has 1 heterocycles. The molecule has 3 nitrogen and oxygen atoms in total. The van der Waals surface area contributed by atoms with Crippen LogP contribution in [0.2, 0.25) is 0 Å². The number of aliphatic hydroxyl groups is 1. The van der Waals surface area contributed by atoms with Gasteiger partial charge < -0.3 is 10.4 Å². The Morgan fingerprint density at radius 1 is 1.57 bits per heavy atom. The van der Waals surface area contributed by atoms with Crippen LogP contribution >= 0.6 is 11.3 Å². The number of hydrogen-bond donors (Lipinski definition) is 2. The van der Waals surface area contributed by atoms with Crippen LogP contribution in [-0.4, -0.2) is 22.7 Å². The molecule has 0 aromatic carbocycles. The summed E-state index contributed by atoms with van der Waals surface area (Å²) in [6.07, 6.45) is 3.64. The molecule has 0 fully saturated rings. The van der Waals surface area contributed by atoms with Crippen molar-refractivity contribution < 1.29 is 5.11 Å². The fourth-order valence-electron chi connectivity index (χ4n) is 1.65. The lowest BCUT2D eigenvalue weighted by atomic mass is 10.3. The van der Waals surface area contributed by atoms with Crippen LogP contribution in [0.5, 0.6) is 0 Å². The van der Waals surface area contributed by atoms with Gasteiger partial charge in [-0.3, -0.25) is 0 Å². The Kier molecular flexibility index (Phi) is 3.15. The molecule has 1 atom stereocenters. The number of aliphatic hydroxyl groups excluding tert-OH is 1. The Bertz CT molecular complexity index is 290. The fourth-order valence-corrected chi connectivity index (χ4v) is 2.75. The lowest BCUT2D eigenvalue weighted by Crippen LogP contribution is -2.28. The number of fused-ring (bicyclic) bond motifs is 1. The maximum Gasteiger partial charge on any atom is 0.107 e. The molecule has 0 aliphatic heterocycles. The van der Waals surface area contributed by atoms with E-state index >= 15 is 0 Å². The summed E-state index contributed by atoms with van der Waals surface area (Å²) in [5.74, 6) is 0. The summed E-state index contributed by atoms with van der Waals surface area (Å²) in [4.78, 5) is 6.04. The van der Waals surface area contributed by atoms with Crippen molar-refractivity contribution in [2.24, 2.45) is 0 Å². The molecule has 4 heteroatoms. The first-order valence-electron chi connectivity index (χ1n) is 5.11. The predicted molar refractivity (Wildman–Crippen MR) is 57.5 cm³/mol. The van der Waals surface area contributed by atoms with E-state index in [4.69, 9.17) is 5.11 Å². The quantitative estimate of drug-likeness (QED) is 0.785. The first-order chi connectivity index (χ1) is 6.79. The van der Waals surface area contributed by atoms with E-state index in [-0.39, 0.29) is 12.6 Å². The Labute approximate surface area is 88.2 Å². The fraction of sp³-hybridized carbons (Fsp3) is 0.700. The van der Waals surface area contributed by atoms with Gasteiger partial charge in [0, 0.05) is 17.5 Å². The summed E-state index contributed by atoms with van der Waals surface area (Å²) in [5, 5.41) is 13.2. The van der Waals surface area contributed by atoms with Gasteiger partial charge >= 0.3 is 0 Å². The average Bonchev–Trinajstić information content (AvgIpc) is 2.73. The van der Waals surface area contributed by atoms with Crippen LogP contribution in [-0.2, 0) is 19.4 Å². The summed E-state index contributed by atoms with van der Waals surface area (Å²) in [5.41, 5.74) is 1.31. The maximum absolute atomic E-state index is 8.85. The van der Waals surface area contributed by atoms with E-state index < -0.39 is 0 Å². The zero-order valence-corrected chi connectivity index (χ0v) is 9.23. The van der Waals surface area contributed by atoms with Gasteiger partial charge in [-0.25, -0.2) is 4.98 Å². The molecule has 0 unspecified atom stereocenters. The summed E-state index contributed by atoms with van der Waals surface area (Å²) >= 11 is 1.82. The normalized spacial score (nSPS) is 17.0. The summed E-state index contributed by atoms with van der Waals surface area (Å²) in [7, 11) is 0. The number of thiazole rings is 1. The Morgan fingerprint density at radius 3 is 3.14 bits per heavy atom. The van der Waals surface area contributed by atoms with Crippen LogP contribution in [0, 0.1) is 0 Å². The lowest BCUT2D eigenvalue weighted by molar-refractivity contribution is 0.251. The minimum absolute atomic E-state index is 0.161. The standard InChI is InChI=1S/C10H16N2OS/c1-7(6-13)11-5-10-12-8-3-2-4-9(8)14-10/h7,11,13H,2-6H2,1H3/t7-/m0/s1. The molecule has 14 heavy (non-hydrogen) atoms. The highest BCUT2D eigenvalue weighted by Gasteiger charge is 2.16. The molecule has 0 radical (unpaired) electrons. The topological polar surface area (TPSA) is 45.1 Å². The monoisotopic (exact) mass is 212 g/mol. The first kappa shape index (κ1) is 10.1. The van der Waals surface area contributed by atoms with Gasteiger partial charge in [0.1, 0.15) is 5.01 Å². The highest BCUT2D eigenvalue weighted by atomic mass is 32.1. The minimum Gasteiger partial charge on any atom is -0.395 e. The van der Waals surface area contributed by atoms with Gasteiger partial charge in [-0.15, -0.1) is 11.3 Å².